The fourth-order valence-electron chi connectivity index (χ4n) is 3.67. The van der Waals surface area contributed by atoms with Crippen LogP contribution in [0.15, 0.2) is 54.6 Å². The van der Waals surface area contributed by atoms with Gasteiger partial charge in [0.1, 0.15) is 5.75 Å². The molecule has 1 heterocycles. The highest BCUT2D eigenvalue weighted by molar-refractivity contribution is 6.17. The van der Waals surface area contributed by atoms with Crippen LogP contribution < -0.4 is 10.5 Å². The molecule has 0 atom stereocenters. The Morgan fingerprint density at radius 1 is 1.18 bits per heavy atom. The number of aliphatic hydroxyl groups excluding tert-OH is 1. The first-order valence-corrected chi connectivity index (χ1v) is 9.21. The summed E-state index contributed by atoms with van der Waals surface area (Å²) in [5, 5.41) is 11.2. The Bertz CT molecular complexity index is 1180. The van der Waals surface area contributed by atoms with Crippen molar-refractivity contribution in [2.45, 2.75) is 20.1 Å². The van der Waals surface area contributed by atoms with E-state index in [-0.39, 0.29) is 6.61 Å². The van der Waals surface area contributed by atoms with Gasteiger partial charge in [0.05, 0.1) is 30.8 Å². The maximum absolute atomic E-state index is 12.0. The lowest BCUT2D eigenvalue weighted by atomic mass is 10.0. The van der Waals surface area contributed by atoms with E-state index in [0.717, 1.165) is 38.7 Å². The van der Waals surface area contributed by atoms with Gasteiger partial charge in [-0.3, -0.25) is 4.79 Å². The third-order valence-corrected chi connectivity index (χ3v) is 4.90. The number of nitrogens with two attached hydrogens (primary N) is 1. The largest absolute Gasteiger partial charge is 0.494 e. The highest BCUT2D eigenvalue weighted by Crippen LogP contribution is 2.33. The molecule has 141 valence electrons. The molecule has 0 aliphatic rings. The van der Waals surface area contributed by atoms with Crippen LogP contribution in [0, 0.1) is 6.07 Å². The van der Waals surface area contributed by atoms with Crippen LogP contribution in [-0.4, -0.2) is 22.2 Å². The Morgan fingerprint density at radius 3 is 2.75 bits per heavy atom. The number of rotatable bonds is 6. The summed E-state index contributed by atoms with van der Waals surface area (Å²) in [7, 11) is 0. The standard InChI is InChI=1S/C23H21N2O3/c1-2-28-21-9-4-3-6-16(21)13-25-19-8-5-7-18(23(24)27)22(19)17-11-10-15(14-26)12-20(17)25/h3-10,12,26H,2,13-14H2,1H3,(H2,24,27). The van der Waals surface area contributed by atoms with Gasteiger partial charge in [-0.2, -0.15) is 0 Å². The van der Waals surface area contributed by atoms with Crippen molar-refractivity contribution < 1.29 is 14.6 Å². The van der Waals surface area contributed by atoms with Gasteiger partial charge < -0.3 is 20.1 Å². The lowest BCUT2D eigenvalue weighted by molar-refractivity contribution is 0.100. The molecule has 0 spiro atoms. The number of ether oxygens (including phenoxy) is 1. The Morgan fingerprint density at radius 2 is 2.00 bits per heavy atom. The number of nitrogens with zero attached hydrogens (tertiary/aromatic N) is 1. The fourth-order valence-corrected chi connectivity index (χ4v) is 3.67. The van der Waals surface area contributed by atoms with Crippen molar-refractivity contribution in [3.63, 3.8) is 0 Å². The van der Waals surface area contributed by atoms with Crippen LogP contribution in [-0.2, 0) is 13.2 Å². The summed E-state index contributed by atoms with van der Waals surface area (Å²) in [4.78, 5) is 12.0. The van der Waals surface area contributed by atoms with Crippen molar-refractivity contribution in [2.24, 2.45) is 5.73 Å². The molecule has 28 heavy (non-hydrogen) atoms. The highest BCUT2D eigenvalue weighted by Gasteiger charge is 2.18. The van der Waals surface area contributed by atoms with E-state index >= 15 is 0 Å². The predicted molar refractivity (Wildman–Crippen MR) is 109 cm³/mol. The number of amides is 1. The lowest BCUT2D eigenvalue weighted by Gasteiger charge is -2.13. The molecule has 5 nitrogen and oxygen atoms in total. The summed E-state index contributed by atoms with van der Waals surface area (Å²) in [5.41, 5.74) is 9.67. The second kappa shape index (κ2) is 7.37. The molecule has 1 aromatic heterocycles. The molecule has 3 aromatic carbocycles. The lowest BCUT2D eigenvalue weighted by Crippen LogP contribution is -2.11. The van der Waals surface area contributed by atoms with E-state index in [1.54, 1.807) is 12.1 Å². The normalized spacial score (nSPS) is 11.2. The molecular formula is C23H21N2O3. The predicted octanol–water partition coefficient (Wildman–Crippen LogP) is 3.63. The van der Waals surface area contributed by atoms with Gasteiger partial charge in [0, 0.05) is 21.9 Å². The van der Waals surface area contributed by atoms with E-state index in [1.807, 2.05) is 49.4 Å². The summed E-state index contributed by atoms with van der Waals surface area (Å²) in [6, 6.07) is 20.4. The van der Waals surface area contributed by atoms with Crippen LogP contribution in [0.4, 0.5) is 0 Å². The Balaban J connectivity index is 2.01. The topological polar surface area (TPSA) is 77.5 Å². The van der Waals surface area contributed by atoms with Crippen LogP contribution >= 0.6 is 0 Å². The molecule has 4 rings (SSSR count). The average Bonchev–Trinajstić information content (AvgIpc) is 3.02. The zero-order chi connectivity index (χ0) is 19.7. The zero-order valence-electron chi connectivity index (χ0n) is 15.6. The van der Waals surface area contributed by atoms with E-state index in [0.29, 0.717) is 18.7 Å². The molecule has 0 unspecified atom stereocenters. The highest BCUT2D eigenvalue weighted by atomic mass is 16.5. The molecule has 0 saturated heterocycles. The number of carbonyl (C=O) groups excluding carboxylic acids is 1. The second-order valence-corrected chi connectivity index (χ2v) is 6.62. The number of aliphatic hydroxyl groups is 1. The molecule has 3 N–H and O–H groups in total. The first-order valence-electron chi connectivity index (χ1n) is 9.21. The second-order valence-electron chi connectivity index (χ2n) is 6.62. The van der Waals surface area contributed by atoms with E-state index in [1.165, 1.54) is 0 Å². The number of carbonyl (C=O) groups is 1. The van der Waals surface area contributed by atoms with Gasteiger partial charge in [-0.25, -0.2) is 0 Å². The number of hydrogen-bond donors (Lipinski definition) is 2. The van der Waals surface area contributed by atoms with E-state index in [2.05, 4.69) is 10.6 Å². The Labute approximate surface area is 163 Å². The Kier molecular flexibility index (Phi) is 4.75. The number of hydrogen-bond acceptors (Lipinski definition) is 3. The first kappa shape index (κ1) is 18.1. The molecule has 1 radical (unpaired) electrons. The minimum absolute atomic E-state index is 0.0772. The molecule has 0 fully saturated rings. The van der Waals surface area contributed by atoms with Crippen molar-refractivity contribution in [2.75, 3.05) is 6.61 Å². The van der Waals surface area contributed by atoms with E-state index < -0.39 is 5.91 Å². The summed E-state index contributed by atoms with van der Waals surface area (Å²) >= 11 is 0. The summed E-state index contributed by atoms with van der Waals surface area (Å²) in [5.74, 6) is 0.354. The maximum atomic E-state index is 12.0. The van der Waals surface area contributed by atoms with Crippen molar-refractivity contribution in [1.82, 2.24) is 4.57 Å². The van der Waals surface area contributed by atoms with Gasteiger partial charge in [0.2, 0.25) is 5.91 Å². The SMILES string of the molecule is CCOc1ccccc1Cn1c2cc(CO)c[c]c2c2c(C(N)=O)cccc21. The van der Waals surface area contributed by atoms with E-state index in [4.69, 9.17) is 10.5 Å². The average molecular weight is 373 g/mol. The summed E-state index contributed by atoms with van der Waals surface area (Å²) < 4.78 is 7.90. The minimum atomic E-state index is -0.473. The number of primary amides is 1. The van der Waals surface area contributed by atoms with Crippen LogP contribution in [0.1, 0.15) is 28.4 Å². The number of benzene rings is 3. The molecule has 0 aliphatic carbocycles. The molecule has 0 saturated carbocycles. The van der Waals surface area contributed by atoms with Gasteiger partial charge in [-0.15, -0.1) is 0 Å². The third kappa shape index (κ3) is 3.00. The van der Waals surface area contributed by atoms with Crippen LogP contribution in [0.25, 0.3) is 21.8 Å². The molecule has 0 bridgehead atoms. The summed E-state index contributed by atoms with van der Waals surface area (Å²) in [6.07, 6.45) is 0. The van der Waals surface area contributed by atoms with Gasteiger partial charge in [0.15, 0.2) is 0 Å². The van der Waals surface area contributed by atoms with Crippen molar-refractivity contribution in [1.29, 1.82) is 0 Å². The maximum Gasteiger partial charge on any atom is 0.249 e. The summed E-state index contributed by atoms with van der Waals surface area (Å²) in [6.45, 7) is 3.02. The Hall–Kier alpha value is -3.31. The van der Waals surface area contributed by atoms with Gasteiger partial charge >= 0.3 is 0 Å². The van der Waals surface area contributed by atoms with Gasteiger partial charge in [0.25, 0.3) is 0 Å². The van der Waals surface area contributed by atoms with Gasteiger partial charge in [-0.05, 0) is 48.9 Å². The molecule has 0 aliphatic heterocycles. The van der Waals surface area contributed by atoms with Crippen molar-refractivity contribution in [3.8, 4) is 5.75 Å². The fraction of sp³-hybridized carbons (Fsp3) is 0.174. The number of aromatic nitrogens is 1. The quantitative estimate of drug-likeness (QED) is 0.542. The van der Waals surface area contributed by atoms with E-state index in [9.17, 15) is 9.90 Å². The first-order chi connectivity index (χ1) is 13.6. The molecule has 4 aromatic rings. The molecular weight excluding hydrogens is 352 g/mol. The van der Waals surface area contributed by atoms with Crippen molar-refractivity contribution in [3.05, 3.63) is 77.4 Å². The molecule has 1 amide bonds. The third-order valence-electron chi connectivity index (χ3n) is 4.90. The van der Waals surface area contributed by atoms with Crippen LogP contribution in [0.2, 0.25) is 0 Å². The monoisotopic (exact) mass is 373 g/mol. The number of para-hydroxylation sites is 1. The minimum Gasteiger partial charge on any atom is -0.494 e. The smallest absolute Gasteiger partial charge is 0.249 e. The van der Waals surface area contributed by atoms with Crippen LogP contribution in [0.5, 0.6) is 5.75 Å². The van der Waals surface area contributed by atoms with Gasteiger partial charge in [-0.1, -0.05) is 24.3 Å². The number of fused-ring (bicyclic) bond motifs is 3. The molecule has 5 heteroatoms. The van der Waals surface area contributed by atoms with Crippen LogP contribution in [0.3, 0.4) is 0 Å². The zero-order valence-corrected chi connectivity index (χ0v) is 15.6. The van der Waals surface area contributed by atoms with Crippen molar-refractivity contribution >= 4 is 27.7 Å².